The quantitative estimate of drug-likeness (QED) is 0.398. The first-order valence-electron chi connectivity index (χ1n) is 7.91. The van der Waals surface area contributed by atoms with Gasteiger partial charge in [-0.1, -0.05) is 13.8 Å². The molecule has 0 aliphatic heterocycles. The van der Waals surface area contributed by atoms with Gasteiger partial charge in [-0.05, 0) is 26.1 Å². The summed E-state index contributed by atoms with van der Waals surface area (Å²) in [7, 11) is 1.45. The summed E-state index contributed by atoms with van der Waals surface area (Å²) >= 11 is 0. The molecule has 0 aromatic heterocycles. The predicted octanol–water partition coefficient (Wildman–Crippen LogP) is 2.04. The molecule has 134 valence electrons. The van der Waals surface area contributed by atoms with Crippen LogP contribution in [0, 0.1) is 10.1 Å². The maximum absolute atomic E-state index is 12.4. The van der Waals surface area contributed by atoms with Gasteiger partial charge in [-0.3, -0.25) is 14.9 Å². The minimum Gasteiger partial charge on any atom is -0.464 e. The maximum atomic E-state index is 12.4. The summed E-state index contributed by atoms with van der Waals surface area (Å²) in [6.45, 7) is 8.78. The zero-order valence-corrected chi connectivity index (χ0v) is 14.6. The zero-order valence-electron chi connectivity index (χ0n) is 14.6. The summed E-state index contributed by atoms with van der Waals surface area (Å²) in [6, 6.07) is 3.90. The average molecular weight is 339 g/mol. The number of nitro benzene ring substituents is 1. The number of methoxy groups -OCH3 is 1. The molecule has 0 fully saturated rings. The average Bonchev–Trinajstić information content (AvgIpc) is 2.58. The van der Waals surface area contributed by atoms with Gasteiger partial charge in [0.25, 0.3) is 11.6 Å². The van der Waals surface area contributed by atoms with Crippen LogP contribution in [0.4, 0.5) is 5.69 Å². The molecule has 0 spiro atoms. The molecule has 1 aromatic carbocycles. The fourth-order valence-electron chi connectivity index (χ4n) is 2.10. The first-order chi connectivity index (χ1) is 11.4. The van der Waals surface area contributed by atoms with Crippen LogP contribution >= 0.6 is 0 Å². The summed E-state index contributed by atoms with van der Waals surface area (Å²) in [4.78, 5) is 24.9. The Morgan fingerprint density at radius 3 is 2.58 bits per heavy atom. The molecular weight excluding hydrogens is 314 g/mol. The summed E-state index contributed by atoms with van der Waals surface area (Å²) in [5.74, 6) is -0.214. The number of rotatable bonds is 10. The summed E-state index contributed by atoms with van der Waals surface area (Å²) in [6.07, 6.45) is -0.630. The van der Waals surface area contributed by atoms with Crippen molar-refractivity contribution in [2.75, 3.05) is 33.3 Å². The van der Waals surface area contributed by atoms with Gasteiger partial charge in [0, 0.05) is 26.3 Å². The molecule has 0 aliphatic rings. The highest BCUT2D eigenvalue weighted by molar-refractivity contribution is 5.97. The highest BCUT2D eigenvalue weighted by atomic mass is 16.7. The minimum absolute atomic E-state index is 0.124. The lowest BCUT2D eigenvalue weighted by Crippen LogP contribution is -2.35. The lowest BCUT2D eigenvalue weighted by Gasteiger charge is -2.19. The molecule has 1 rings (SSSR count). The number of nitrogens with one attached hydrogen (secondary N) is 1. The van der Waals surface area contributed by atoms with E-state index in [0.717, 1.165) is 19.6 Å². The van der Waals surface area contributed by atoms with Crippen LogP contribution in [-0.4, -0.2) is 55.3 Å². The van der Waals surface area contributed by atoms with E-state index in [1.807, 2.05) is 0 Å². The summed E-state index contributed by atoms with van der Waals surface area (Å²) in [5.41, 5.74) is 0.0945. The zero-order chi connectivity index (χ0) is 18.1. The van der Waals surface area contributed by atoms with Crippen molar-refractivity contribution in [1.29, 1.82) is 0 Å². The topological polar surface area (TPSA) is 93.9 Å². The largest absolute Gasteiger partial charge is 0.464 e. The second-order valence-electron chi connectivity index (χ2n) is 5.14. The molecular formula is C16H25N3O5. The van der Waals surface area contributed by atoms with Crippen molar-refractivity contribution < 1.29 is 19.2 Å². The number of hydrogen-bond donors (Lipinski definition) is 1. The third kappa shape index (κ3) is 5.78. The molecule has 1 aromatic rings. The Morgan fingerprint density at radius 2 is 2.04 bits per heavy atom. The van der Waals surface area contributed by atoms with E-state index in [0.29, 0.717) is 6.54 Å². The summed E-state index contributed by atoms with van der Waals surface area (Å²) in [5, 5.41) is 13.7. The molecule has 1 atom stereocenters. The van der Waals surface area contributed by atoms with Crippen LogP contribution in [0.1, 0.15) is 31.1 Å². The highest BCUT2D eigenvalue weighted by Gasteiger charge is 2.19. The fraction of sp³-hybridized carbons (Fsp3) is 0.562. The number of carbonyl (C=O) groups is 1. The standard InChI is InChI=1S/C16H25N3O5/c1-5-18(6-2)10-9-17-16(20)14-8-7-13(19(21)22)11-15(14)24-12(3)23-4/h7-8,11-12H,5-6,9-10H2,1-4H3,(H,17,20). The lowest BCUT2D eigenvalue weighted by molar-refractivity contribution is -0.385. The van der Waals surface area contributed by atoms with Crippen LogP contribution in [0.2, 0.25) is 0 Å². The molecule has 24 heavy (non-hydrogen) atoms. The Balaban J connectivity index is 2.87. The van der Waals surface area contributed by atoms with Gasteiger partial charge in [0.1, 0.15) is 5.75 Å². The third-order valence-electron chi connectivity index (χ3n) is 3.65. The second kappa shape index (κ2) is 9.84. The third-order valence-corrected chi connectivity index (χ3v) is 3.65. The van der Waals surface area contributed by atoms with Crippen LogP contribution in [0.3, 0.4) is 0 Å². The van der Waals surface area contributed by atoms with Gasteiger partial charge in [0.15, 0.2) is 6.29 Å². The lowest BCUT2D eigenvalue weighted by atomic mass is 10.1. The number of amides is 1. The number of non-ortho nitro benzene ring substituents is 1. The van der Waals surface area contributed by atoms with E-state index in [-0.39, 0.29) is 22.9 Å². The van der Waals surface area contributed by atoms with E-state index in [1.165, 1.54) is 25.3 Å². The molecule has 0 radical (unpaired) electrons. The Bertz CT molecular complexity index is 561. The second-order valence-corrected chi connectivity index (χ2v) is 5.14. The normalized spacial score (nSPS) is 12.0. The van der Waals surface area contributed by atoms with Crippen LogP contribution < -0.4 is 10.1 Å². The van der Waals surface area contributed by atoms with Gasteiger partial charge in [-0.2, -0.15) is 0 Å². The highest BCUT2D eigenvalue weighted by Crippen LogP contribution is 2.26. The number of benzene rings is 1. The van der Waals surface area contributed by atoms with Crippen molar-refractivity contribution in [2.24, 2.45) is 0 Å². The Morgan fingerprint density at radius 1 is 1.38 bits per heavy atom. The monoisotopic (exact) mass is 339 g/mol. The first-order valence-corrected chi connectivity index (χ1v) is 7.91. The summed E-state index contributed by atoms with van der Waals surface area (Å²) < 4.78 is 10.5. The van der Waals surface area contributed by atoms with E-state index in [4.69, 9.17) is 9.47 Å². The molecule has 0 bridgehead atoms. The van der Waals surface area contributed by atoms with E-state index < -0.39 is 11.2 Å². The van der Waals surface area contributed by atoms with Gasteiger partial charge in [0.2, 0.25) is 0 Å². The number of nitro groups is 1. The number of hydrogen-bond acceptors (Lipinski definition) is 6. The van der Waals surface area contributed by atoms with Gasteiger partial charge in [0.05, 0.1) is 16.6 Å². The number of nitrogens with zero attached hydrogens (tertiary/aromatic N) is 2. The smallest absolute Gasteiger partial charge is 0.273 e. The van der Waals surface area contributed by atoms with Crippen LogP contribution in [0.15, 0.2) is 18.2 Å². The van der Waals surface area contributed by atoms with E-state index in [9.17, 15) is 14.9 Å². The van der Waals surface area contributed by atoms with Crippen LogP contribution in [0.5, 0.6) is 5.75 Å². The predicted molar refractivity (Wildman–Crippen MR) is 90.3 cm³/mol. The van der Waals surface area contributed by atoms with Crippen molar-refractivity contribution in [3.63, 3.8) is 0 Å². The molecule has 0 saturated carbocycles. The van der Waals surface area contributed by atoms with Crippen molar-refractivity contribution in [1.82, 2.24) is 10.2 Å². The van der Waals surface area contributed by atoms with E-state index in [2.05, 4.69) is 24.1 Å². The molecule has 0 saturated heterocycles. The van der Waals surface area contributed by atoms with Gasteiger partial charge in [-0.15, -0.1) is 0 Å². The molecule has 1 N–H and O–H groups in total. The Hall–Kier alpha value is -2.19. The van der Waals surface area contributed by atoms with Gasteiger partial charge < -0.3 is 19.7 Å². The van der Waals surface area contributed by atoms with Crippen LogP contribution in [-0.2, 0) is 4.74 Å². The first kappa shape index (κ1) is 19.9. The van der Waals surface area contributed by atoms with Crippen LogP contribution in [0.25, 0.3) is 0 Å². The van der Waals surface area contributed by atoms with Crippen molar-refractivity contribution in [2.45, 2.75) is 27.1 Å². The number of ether oxygens (including phenoxy) is 2. The molecule has 0 heterocycles. The molecule has 1 amide bonds. The SMILES string of the molecule is CCN(CC)CCNC(=O)c1ccc([N+](=O)[O-])cc1OC(C)OC. The van der Waals surface area contributed by atoms with E-state index >= 15 is 0 Å². The Labute approximate surface area is 141 Å². The minimum atomic E-state index is -0.630. The van der Waals surface area contributed by atoms with Crippen molar-refractivity contribution >= 4 is 11.6 Å². The molecule has 8 nitrogen and oxygen atoms in total. The molecule has 8 heteroatoms. The number of carbonyl (C=O) groups excluding carboxylic acids is 1. The van der Waals surface area contributed by atoms with Crippen molar-refractivity contribution in [3.8, 4) is 5.75 Å². The molecule has 0 aliphatic carbocycles. The van der Waals surface area contributed by atoms with Gasteiger partial charge in [-0.25, -0.2) is 0 Å². The fourth-order valence-corrected chi connectivity index (χ4v) is 2.10. The van der Waals surface area contributed by atoms with Gasteiger partial charge >= 0.3 is 0 Å². The Kier molecular flexibility index (Phi) is 8.14. The van der Waals surface area contributed by atoms with Crippen molar-refractivity contribution in [3.05, 3.63) is 33.9 Å². The number of likely N-dealkylation sites (N-methyl/N-ethyl adjacent to an activating group) is 1. The maximum Gasteiger partial charge on any atom is 0.273 e. The molecule has 1 unspecified atom stereocenters. The van der Waals surface area contributed by atoms with E-state index in [1.54, 1.807) is 6.92 Å².